The first kappa shape index (κ1) is 14.8. The summed E-state index contributed by atoms with van der Waals surface area (Å²) in [6.45, 7) is 5.14. The fraction of sp³-hybridized carbons (Fsp3) is 0.385. The van der Waals surface area contributed by atoms with E-state index in [2.05, 4.69) is 15.6 Å². The van der Waals surface area contributed by atoms with E-state index in [0.29, 0.717) is 11.5 Å². The van der Waals surface area contributed by atoms with E-state index in [1.165, 1.54) is 6.07 Å². The number of hydrogen-bond acceptors (Lipinski definition) is 6. The fourth-order valence-electron chi connectivity index (χ4n) is 1.67. The smallest absolute Gasteiger partial charge is 0.377 e. The van der Waals surface area contributed by atoms with E-state index in [4.69, 9.17) is 9.26 Å². The van der Waals surface area contributed by atoms with Crippen LogP contribution in [0.1, 0.15) is 36.1 Å². The van der Waals surface area contributed by atoms with E-state index >= 15 is 0 Å². The largest absolute Gasteiger partial charge is 0.450 e. The summed E-state index contributed by atoms with van der Waals surface area (Å²) >= 11 is 0. The van der Waals surface area contributed by atoms with Crippen LogP contribution in [-0.2, 0) is 9.53 Å². The van der Waals surface area contributed by atoms with Gasteiger partial charge in [0.2, 0.25) is 5.76 Å². The average molecular weight is 292 g/mol. The van der Waals surface area contributed by atoms with E-state index in [0.717, 1.165) is 0 Å². The third kappa shape index (κ3) is 3.68. The first-order valence-corrected chi connectivity index (χ1v) is 6.41. The van der Waals surface area contributed by atoms with Gasteiger partial charge in [0, 0.05) is 18.2 Å². The Morgan fingerprint density at radius 3 is 2.86 bits per heavy atom. The Bertz CT molecular complexity index is 644. The van der Waals surface area contributed by atoms with Gasteiger partial charge < -0.3 is 14.6 Å². The van der Waals surface area contributed by atoms with Crippen LogP contribution in [0.15, 0.2) is 22.9 Å². The van der Waals surface area contributed by atoms with Gasteiger partial charge in [-0.1, -0.05) is 5.16 Å². The average Bonchev–Trinajstić information content (AvgIpc) is 3.05. The Balaban J connectivity index is 1.87. The molecule has 0 aromatic carbocycles. The van der Waals surface area contributed by atoms with Crippen molar-refractivity contribution in [1.29, 1.82) is 0 Å². The van der Waals surface area contributed by atoms with E-state index in [-0.39, 0.29) is 11.8 Å². The Kier molecular flexibility index (Phi) is 4.36. The SMILES string of the molecule is Cc1cc(C(=O)OCC(=O)Nc2ccnn2C(C)C)on1. The molecule has 0 aliphatic heterocycles. The molecule has 112 valence electrons. The molecule has 0 unspecified atom stereocenters. The van der Waals surface area contributed by atoms with Crippen molar-refractivity contribution in [3.05, 3.63) is 29.8 Å². The van der Waals surface area contributed by atoms with Crippen molar-refractivity contribution in [2.24, 2.45) is 0 Å². The molecule has 8 nitrogen and oxygen atoms in total. The Morgan fingerprint density at radius 2 is 2.24 bits per heavy atom. The Hall–Kier alpha value is -2.64. The highest BCUT2D eigenvalue weighted by atomic mass is 16.6. The number of aryl methyl sites for hydroxylation is 1. The zero-order valence-electron chi connectivity index (χ0n) is 12.0. The van der Waals surface area contributed by atoms with Crippen LogP contribution in [0.4, 0.5) is 5.82 Å². The molecule has 0 saturated heterocycles. The summed E-state index contributed by atoms with van der Waals surface area (Å²) in [7, 11) is 0. The standard InChI is InChI=1S/C13H16N4O4/c1-8(2)17-11(4-5-14-17)15-12(18)7-20-13(19)10-6-9(3)16-21-10/h4-6,8H,7H2,1-3H3,(H,15,18). The molecule has 0 fully saturated rings. The molecule has 2 rings (SSSR count). The number of amides is 1. The summed E-state index contributed by atoms with van der Waals surface area (Å²) in [5.74, 6) is -0.681. The summed E-state index contributed by atoms with van der Waals surface area (Å²) < 4.78 is 11.2. The summed E-state index contributed by atoms with van der Waals surface area (Å²) in [6, 6.07) is 3.21. The van der Waals surface area contributed by atoms with Gasteiger partial charge in [-0.2, -0.15) is 5.10 Å². The molecule has 0 bridgehead atoms. The number of nitrogens with zero attached hydrogens (tertiary/aromatic N) is 3. The highest BCUT2D eigenvalue weighted by Crippen LogP contribution is 2.12. The molecular weight excluding hydrogens is 276 g/mol. The lowest BCUT2D eigenvalue weighted by atomic mass is 10.4. The number of rotatable bonds is 5. The van der Waals surface area contributed by atoms with Crippen LogP contribution >= 0.6 is 0 Å². The van der Waals surface area contributed by atoms with Gasteiger partial charge in [-0.3, -0.25) is 4.79 Å². The van der Waals surface area contributed by atoms with Crippen LogP contribution in [0.2, 0.25) is 0 Å². The quantitative estimate of drug-likeness (QED) is 0.839. The number of esters is 1. The molecule has 0 saturated carbocycles. The van der Waals surface area contributed by atoms with Gasteiger partial charge in [0.05, 0.1) is 11.9 Å². The lowest BCUT2D eigenvalue weighted by Crippen LogP contribution is -2.22. The second-order valence-electron chi connectivity index (χ2n) is 4.71. The molecule has 0 spiro atoms. The maximum absolute atomic E-state index is 11.8. The third-order valence-corrected chi connectivity index (χ3v) is 2.59. The number of ether oxygens (including phenoxy) is 1. The molecule has 2 heterocycles. The molecule has 0 atom stereocenters. The zero-order chi connectivity index (χ0) is 15.4. The van der Waals surface area contributed by atoms with Crippen molar-refractivity contribution in [2.75, 3.05) is 11.9 Å². The molecule has 0 aliphatic rings. The number of aromatic nitrogens is 3. The summed E-state index contributed by atoms with van der Waals surface area (Å²) in [6.07, 6.45) is 1.58. The van der Waals surface area contributed by atoms with Gasteiger partial charge in [0.15, 0.2) is 6.61 Å². The number of carbonyl (C=O) groups excluding carboxylic acids is 2. The highest BCUT2D eigenvalue weighted by molar-refractivity contribution is 5.94. The number of nitrogens with one attached hydrogen (secondary N) is 1. The summed E-state index contributed by atoms with van der Waals surface area (Å²) in [5.41, 5.74) is 0.562. The maximum Gasteiger partial charge on any atom is 0.377 e. The minimum Gasteiger partial charge on any atom is -0.450 e. The van der Waals surface area contributed by atoms with Crippen molar-refractivity contribution >= 4 is 17.7 Å². The summed E-state index contributed by atoms with van der Waals surface area (Å²) in [4.78, 5) is 23.3. The van der Waals surface area contributed by atoms with Crippen LogP contribution in [0.25, 0.3) is 0 Å². The molecule has 8 heteroatoms. The normalized spacial score (nSPS) is 10.7. The van der Waals surface area contributed by atoms with E-state index < -0.39 is 18.5 Å². The second kappa shape index (κ2) is 6.21. The lowest BCUT2D eigenvalue weighted by Gasteiger charge is -2.11. The van der Waals surface area contributed by atoms with Gasteiger partial charge in [-0.25, -0.2) is 9.48 Å². The monoisotopic (exact) mass is 292 g/mol. The molecular formula is C13H16N4O4. The first-order valence-electron chi connectivity index (χ1n) is 6.41. The predicted molar refractivity (Wildman–Crippen MR) is 72.8 cm³/mol. The van der Waals surface area contributed by atoms with Crippen molar-refractivity contribution in [3.63, 3.8) is 0 Å². The predicted octanol–water partition coefficient (Wildman–Crippen LogP) is 1.56. The van der Waals surface area contributed by atoms with E-state index in [1.807, 2.05) is 13.8 Å². The number of carbonyl (C=O) groups is 2. The minimum atomic E-state index is -0.733. The highest BCUT2D eigenvalue weighted by Gasteiger charge is 2.16. The van der Waals surface area contributed by atoms with Crippen LogP contribution < -0.4 is 5.32 Å². The van der Waals surface area contributed by atoms with E-state index in [1.54, 1.807) is 23.9 Å². The lowest BCUT2D eigenvalue weighted by molar-refractivity contribution is -0.119. The van der Waals surface area contributed by atoms with Gasteiger partial charge in [-0.15, -0.1) is 0 Å². The molecule has 0 aliphatic carbocycles. The molecule has 2 aromatic rings. The number of anilines is 1. The van der Waals surface area contributed by atoms with Crippen LogP contribution in [-0.4, -0.2) is 33.4 Å². The van der Waals surface area contributed by atoms with Gasteiger partial charge in [0.25, 0.3) is 5.91 Å². The topological polar surface area (TPSA) is 99.2 Å². The zero-order valence-corrected chi connectivity index (χ0v) is 12.0. The Morgan fingerprint density at radius 1 is 1.48 bits per heavy atom. The molecule has 0 radical (unpaired) electrons. The first-order chi connectivity index (χ1) is 9.97. The molecule has 2 aromatic heterocycles. The van der Waals surface area contributed by atoms with E-state index in [9.17, 15) is 9.59 Å². The summed E-state index contributed by atoms with van der Waals surface area (Å²) in [5, 5.41) is 10.3. The van der Waals surface area contributed by atoms with Crippen LogP contribution in [0, 0.1) is 6.92 Å². The molecule has 21 heavy (non-hydrogen) atoms. The van der Waals surface area contributed by atoms with Crippen molar-refractivity contribution in [3.8, 4) is 0 Å². The third-order valence-electron chi connectivity index (χ3n) is 2.59. The van der Waals surface area contributed by atoms with Crippen molar-refractivity contribution in [2.45, 2.75) is 26.8 Å². The fourth-order valence-corrected chi connectivity index (χ4v) is 1.67. The Labute approximate surface area is 121 Å². The molecule has 1 N–H and O–H groups in total. The number of hydrogen-bond donors (Lipinski definition) is 1. The van der Waals surface area contributed by atoms with Crippen molar-refractivity contribution in [1.82, 2.24) is 14.9 Å². The second-order valence-corrected chi connectivity index (χ2v) is 4.71. The molecule has 1 amide bonds. The maximum atomic E-state index is 11.8. The van der Waals surface area contributed by atoms with Gasteiger partial charge in [-0.05, 0) is 20.8 Å². The van der Waals surface area contributed by atoms with Gasteiger partial charge >= 0.3 is 5.97 Å². The minimum absolute atomic E-state index is 0.0347. The van der Waals surface area contributed by atoms with Crippen LogP contribution in [0.5, 0.6) is 0 Å². The van der Waals surface area contributed by atoms with Crippen LogP contribution in [0.3, 0.4) is 0 Å². The van der Waals surface area contributed by atoms with Gasteiger partial charge in [0.1, 0.15) is 5.82 Å². The van der Waals surface area contributed by atoms with Crippen molar-refractivity contribution < 1.29 is 18.8 Å².